The van der Waals surface area contributed by atoms with E-state index in [1.165, 1.54) is 0 Å². The molecule has 1 aromatic rings. The molecule has 1 amide bonds. The molecule has 1 rings (SSSR count). The summed E-state index contributed by atoms with van der Waals surface area (Å²) in [4.78, 5) is 15.8. The van der Waals surface area contributed by atoms with Crippen LogP contribution in [-0.2, 0) is 10.0 Å². The predicted molar refractivity (Wildman–Crippen MR) is 77.9 cm³/mol. The Kier molecular flexibility index (Phi) is 6.50. The first-order chi connectivity index (χ1) is 9.83. The zero-order valence-electron chi connectivity index (χ0n) is 11.7. The number of amides is 1. The Bertz CT molecular complexity index is 592. The Labute approximate surface area is 123 Å². The Morgan fingerprint density at radius 2 is 2.14 bits per heavy atom. The van der Waals surface area contributed by atoms with Crippen molar-refractivity contribution in [1.82, 2.24) is 10.3 Å². The van der Waals surface area contributed by atoms with Crippen LogP contribution in [0.4, 0.5) is 10.2 Å². The van der Waals surface area contributed by atoms with E-state index in [1.54, 1.807) is 0 Å². The molecular weight excluding hydrogens is 299 g/mol. The maximum atomic E-state index is 13.2. The van der Waals surface area contributed by atoms with E-state index in [0.717, 1.165) is 18.7 Å². The van der Waals surface area contributed by atoms with Crippen LogP contribution in [0.15, 0.2) is 12.3 Å². The van der Waals surface area contributed by atoms with Gasteiger partial charge in [-0.1, -0.05) is 6.92 Å². The van der Waals surface area contributed by atoms with Gasteiger partial charge in [0.25, 0.3) is 5.91 Å². The molecule has 7 nitrogen and oxygen atoms in total. The summed E-state index contributed by atoms with van der Waals surface area (Å²) in [5.41, 5.74) is 0.0825. The lowest BCUT2D eigenvalue weighted by Gasteiger charge is -2.10. The average Bonchev–Trinajstić information content (AvgIpc) is 2.41. The lowest BCUT2D eigenvalue weighted by molar-refractivity contribution is 0.0953. The molecule has 1 heterocycles. The molecule has 0 unspecified atom stereocenters. The molecule has 9 heteroatoms. The summed E-state index contributed by atoms with van der Waals surface area (Å²) in [5, 5.41) is 10.3. The number of anilines is 1. The van der Waals surface area contributed by atoms with Crippen molar-refractivity contribution in [3.8, 4) is 0 Å². The fraction of sp³-hybridized carbons (Fsp3) is 0.500. The summed E-state index contributed by atoms with van der Waals surface area (Å²) in [5.74, 6) is -1.07. The van der Waals surface area contributed by atoms with Crippen molar-refractivity contribution in [2.24, 2.45) is 5.14 Å². The smallest absolute Gasteiger partial charge is 0.255 e. The van der Waals surface area contributed by atoms with Crippen LogP contribution in [-0.4, -0.2) is 38.2 Å². The van der Waals surface area contributed by atoms with E-state index in [9.17, 15) is 17.6 Å². The maximum absolute atomic E-state index is 13.2. The van der Waals surface area contributed by atoms with Crippen LogP contribution >= 0.6 is 0 Å². The second kappa shape index (κ2) is 7.89. The number of nitrogens with two attached hydrogens (primary N) is 1. The standard InChI is InChI=1S/C12H19FN4O3S/c1-2-4-15-11-10(7-9(13)8-17-11)12(18)16-5-3-6-21(14,19)20/h7-8H,2-6H2,1H3,(H,15,17)(H,16,18)(H2,14,19,20). The highest BCUT2D eigenvalue weighted by Crippen LogP contribution is 2.13. The molecule has 21 heavy (non-hydrogen) atoms. The molecule has 4 N–H and O–H groups in total. The van der Waals surface area contributed by atoms with Gasteiger partial charge >= 0.3 is 0 Å². The van der Waals surface area contributed by atoms with Crippen LogP contribution < -0.4 is 15.8 Å². The van der Waals surface area contributed by atoms with Crippen molar-refractivity contribution >= 4 is 21.7 Å². The molecule has 0 aliphatic heterocycles. The minimum Gasteiger partial charge on any atom is -0.369 e. The van der Waals surface area contributed by atoms with Gasteiger partial charge in [0.05, 0.1) is 17.5 Å². The lowest BCUT2D eigenvalue weighted by Crippen LogP contribution is -2.28. The van der Waals surface area contributed by atoms with Crippen LogP contribution in [0.5, 0.6) is 0 Å². The van der Waals surface area contributed by atoms with Gasteiger partial charge in [-0.3, -0.25) is 4.79 Å². The highest BCUT2D eigenvalue weighted by molar-refractivity contribution is 7.89. The third-order valence-electron chi connectivity index (χ3n) is 2.53. The van der Waals surface area contributed by atoms with E-state index in [2.05, 4.69) is 15.6 Å². The van der Waals surface area contributed by atoms with Crippen molar-refractivity contribution in [2.45, 2.75) is 19.8 Å². The zero-order chi connectivity index (χ0) is 15.9. The van der Waals surface area contributed by atoms with Gasteiger partial charge < -0.3 is 10.6 Å². The molecule has 0 aliphatic rings. The van der Waals surface area contributed by atoms with E-state index in [-0.39, 0.29) is 24.3 Å². The summed E-state index contributed by atoms with van der Waals surface area (Å²) >= 11 is 0. The number of sulfonamides is 1. The SMILES string of the molecule is CCCNc1ncc(F)cc1C(=O)NCCCS(N)(=O)=O. The van der Waals surface area contributed by atoms with Crippen molar-refractivity contribution in [1.29, 1.82) is 0 Å². The second-order valence-electron chi connectivity index (χ2n) is 4.45. The molecule has 0 saturated heterocycles. The van der Waals surface area contributed by atoms with Crippen molar-refractivity contribution in [2.75, 3.05) is 24.2 Å². The minimum atomic E-state index is -3.55. The third kappa shape index (κ3) is 6.50. The first-order valence-electron chi connectivity index (χ1n) is 6.51. The number of carbonyl (C=O) groups excluding carboxylic acids is 1. The van der Waals surface area contributed by atoms with Gasteiger partial charge in [-0.2, -0.15) is 0 Å². The Morgan fingerprint density at radius 1 is 1.43 bits per heavy atom. The number of hydrogen-bond acceptors (Lipinski definition) is 5. The van der Waals surface area contributed by atoms with Gasteiger partial charge in [-0.25, -0.2) is 22.9 Å². The number of aromatic nitrogens is 1. The van der Waals surface area contributed by atoms with Gasteiger partial charge in [0, 0.05) is 13.1 Å². The number of halogens is 1. The number of nitrogens with one attached hydrogen (secondary N) is 2. The van der Waals surface area contributed by atoms with E-state index in [1.807, 2.05) is 6.92 Å². The van der Waals surface area contributed by atoms with E-state index in [4.69, 9.17) is 5.14 Å². The van der Waals surface area contributed by atoms with E-state index in [0.29, 0.717) is 12.4 Å². The first-order valence-corrected chi connectivity index (χ1v) is 8.23. The van der Waals surface area contributed by atoms with Gasteiger partial charge in [0.1, 0.15) is 11.6 Å². The van der Waals surface area contributed by atoms with Gasteiger partial charge in [-0.15, -0.1) is 0 Å². The van der Waals surface area contributed by atoms with Crippen molar-refractivity contribution < 1.29 is 17.6 Å². The average molecular weight is 318 g/mol. The number of nitrogens with zero attached hydrogens (tertiary/aromatic N) is 1. The molecule has 0 atom stereocenters. The van der Waals surface area contributed by atoms with Crippen LogP contribution in [0.25, 0.3) is 0 Å². The predicted octanol–water partition coefficient (Wildman–Crippen LogP) is 0.451. The van der Waals surface area contributed by atoms with Crippen LogP contribution in [0.2, 0.25) is 0 Å². The summed E-state index contributed by atoms with van der Waals surface area (Å²) in [7, 11) is -3.55. The first kappa shape index (κ1) is 17.3. The molecule has 0 aromatic carbocycles. The van der Waals surface area contributed by atoms with Gasteiger partial charge in [0.2, 0.25) is 10.0 Å². The number of primary sulfonamides is 1. The van der Waals surface area contributed by atoms with Crippen molar-refractivity contribution in [3.05, 3.63) is 23.6 Å². The molecule has 0 fully saturated rings. The topological polar surface area (TPSA) is 114 Å². The normalized spacial score (nSPS) is 11.2. The third-order valence-corrected chi connectivity index (χ3v) is 3.39. The van der Waals surface area contributed by atoms with E-state index >= 15 is 0 Å². The number of carbonyl (C=O) groups is 1. The highest BCUT2D eigenvalue weighted by atomic mass is 32.2. The Hall–Kier alpha value is -1.74. The molecule has 0 spiro atoms. The quantitative estimate of drug-likeness (QED) is 0.602. The molecule has 0 saturated carbocycles. The fourth-order valence-corrected chi connectivity index (χ4v) is 2.11. The molecule has 1 aromatic heterocycles. The van der Waals surface area contributed by atoms with Crippen LogP contribution in [0.3, 0.4) is 0 Å². The number of pyridine rings is 1. The lowest BCUT2D eigenvalue weighted by atomic mass is 10.2. The Balaban J connectivity index is 2.65. The molecule has 118 valence electrons. The number of hydrogen-bond donors (Lipinski definition) is 3. The molecule has 0 aliphatic carbocycles. The number of rotatable bonds is 8. The van der Waals surface area contributed by atoms with Gasteiger partial charge in [-0.05, 0) is 18.9 Å². The largest absolute Gasteiger partial charge is 0.369 e. The molecule has 0 bridgehead atoms. The summed E-state index contributed by atoms with van der Waals surface area (Å²) < 4.78 is 34.7. The fourth-order valence-electron chi connectivity index (χ4n) is 1.57. The van der Waals surface area contributed by atoms with E-state index < -0.39 is 21.7 Å². The monoisotopic (exact) mass is 318 g/mol. The van der Waals surface area contributed by atoms with Crippen molar-refractivity contribution in [3.63, 3.8) is 0 Å². The molecular formula is C12H19FN4O3S. The summed E-state index contributed by atoms with van der Waals surface area (Å²) in [6, 6.07) is 1.08. The minimum absolute atomic E-state index is 0.0825. The Morgan fingerprint density at radius 3 is 2.76 bits per heavy atom. The highest BCUT2D eigenvalue weighted by Gasteiger charge is 2.13. The second-order valence-corrected chi connectivity index (χ2v) is 6.19. The van der Waals surface area contributed by atoms with Gasteiger partial charge in [0.15, 0.2) is 0 Å². The molecule has 0 radical (unpaired) electrons. The maximum Gasteiger partial charge on any atom is 0.255 e. The van der Waals surface area contributed by atoms with Crippen LogP contribution in [0.1, 0.15) is 30.1 Å². The summed E-state index contributed by atoms with van der Waals surface area (Å²) in [6.45, 7) is 2.67. The van der Waals surface area contributed by atoms with Crippen LogP contribution in [0, 0.1) is 5.82 Å². The summed E-state index contributed by atoms with van der Waals surface area (Å²) in [6.07, 6.45) is 2.04. The zero-order valence-corrected chi connectivity index (χ0v) is 12.5.